The topological polar surface area (TPSA) is 26.3 Å². The highest BCUT2D eigenvalue weighted by Gasteiger charge is 2.11. The molecule has 0 radical (unpaired) electrons. The lowest BCUT2D eigenvalue weighted by Gasteiger charge is -2.07. The minimum absolute atomic E-state index is 0.0527. The van der Waals surface area contributed by atoms with Crippen LogP contribution in [0.5, 0.6) is 5.75 Å². The number of halogens is 1. The average molecular weight is 253 g/mol. The Morgan fingerprint density at radius 3 is 2.53 bits per heavy atom. The van der Waals surface area contributed by atoms with Crippen molar-refractivity contribution in [1.29, 1.82) is 0 Å². The van der Waals surface area contributed by atoms with Crippen molar-refractivity contribution in [2.45, 2.75) is 26.7 Å². The Labute approximate surface area is 107 Å². The number of ether oxygens (including phenoxy) is 1. The summed E-state index contributed by atoms with van der Waals surface area (Å²) in [7, 11) is 1.55. The highest BCUT2D eigenvalue weighted by molar-refractivity contribution is 6.31. The lowest BCUT2D eigenvalue weighted by Crippen LogP contribution is -2.00. The van der Waals surface area contributed by atoms with Gasteiger partial charge in [-0.3, -0.25) is 4.79 Å². The van der Waals surface area contributed by atoms with Crippen LogP contribution in [0.2, 0.25) is 5.02 Å². The van der Waals surface area contributed by atoms with Crippen LogP contribution in [-0.4, -0.2) is 12.9 Å². The average Bonchev–Trinajstić information content (AvgIpc) is 2.35. The van der Waals surface area contributed by atoms with Gasteiger partial charge in [0.15, 0.2) is 5.78 Å². The summed E-state index contributed by atoms with van der Waals surface area (Å²) in [6, 6.07) is 5.06. The van der Waals surface area contributed by atoms with Gasteiger partial charge in [-0.1, -0.05) is 31.0 Å². The second-order valence-corrected chi connectivity index (χ2v) is 4.15. The molecule has 0 unspecified atom stereocenters. The van der Waals surface area contributed by atoms with Crippen LogP contribution >= 0.6 is 11.6 Å². The monoisotopic (exact) mass is 252 g/mol. The third kappa shape index (κ3) is 3.60. The smallest absolute Gasteiger partial charge is 0.189 e. The first-order chi connectivity index (χ1) is 8.12. The molecule has 0 spiro atoms. The number of rotatable bonds is 5. The Morgan fingerprint density at radius 1 is 1.35 bits per heavy atom. The molecule has 0 fully saturated rings. The normalized spacial score (nSPS) is 9.88. The van der Waals surface area contributed by atoms with E-state index in [2.05, 4.69) is 0 Å². The molecule has 92 valence electrons. The van der Waals surface area contributed by atoms with E-state index in [0.29, 0.717) is 16.3 Å². The second-order valence-electron chi connectivity index (χ2n) is 3.72. The molecular formula is C14H17ClO2. The molecule has 0 aliphatic carbocycles. The summed E-state index contributed by atoms with van der Waals surface area (Å²) >= 11 is 5.89. The quantitative estimate of drug-likeness (QED) is 0.578. The molecule has 0 amide bonds. The third-order valence-electron chi connectivity index (χ3n) is 2.67. The van der Waals surface area contributed by atoms with Gasteiger partial charge in [0, 0.05) is 5.02 Å². The van der Waals surface area contributed by atoms with Crippen molar-refractivity contribution in [3.8, 4) is 5.75 Å². The molecule has 3 heteroatoms. The molecule has 2 nitrogen and oxygen atoms in total. The van der Waals surface area contributed by atoms with Crippen LogP contribution < -0.4 is 4.74 Å². The first-order valence-electron chi connectivity index (χ1n) is 5.69. The van der Waals surface area contributed by atoms with Crippen LogP contribution in [0.25, 0.3) is 0 Å². The molecule has 0 aliphatic heterocycles. The molecule has 17 heavy (non-hydrogen) atoms. The molecular weight excluding hydrogens is 236 g/mol. The van der Waals surface area contributed by atoms with E-state index < -0.39 is 0 Å². The number of methoxy groups -OCH3 is 1. The number of benzene rings is 1. The maximum atomic E-state index is 12.1. The molecule has 1 aromatic rings. The highest BCUT2D eigenvalue weighted by atomic mass is 35.5. The fourth-order valence-corrected chi connectivity index (χ4v) is 1.76. The first kappa shape index (κ1) is 13.8. The van der Waals surface area contributed by atoms with Crippen molar-refractivity contribution in [3.05, 3.63) is 40.4 Å². The van der Waals surface area contributed by atoms with E-state index in [1.54, 1.807) is 31.4 Å². The van der Waals surface area contributed by atoms with Crippen LogP contribution in [0.15, 0.2) is 29.8 Å². The fraction of sp³-hybridized carbons (Fsp3) is 0.357. The van der Waals surface area contributed by atoms with Crippen molar-refractivity contribution >= 4 is 17.4 Å². The molecule has 0 bridgehead atoms. The van der Waals surface area contributed by atoms with Crippen LogP contribution in [0.4, 0.5) is 0 Å². The maximum Gasteiger partial charge on any atom is 0.189 e. The Balaban J connectivity index is 3.11. The zero-order valence-electron chi connectivity index (χ0n) is 10.4. The van der Waals surface area contributed by atoms with Crippen LogP contribution in [0, 0.1) is 0 Å². The molecule has 0 saturated heterocycles. The second kappa shape index (κ2) is 6.45. The van der Waals surface area contributed by atoms with Gasteiger partial charge in [0.25, 0.3) is 0 Å². The van der Waals surface area contributed by atoms with Gasteiger partial charge in [-0.15, -0.1) is 0 Å². The Morgan fingerprint density at radius 2 is 2.00 bits per heavy atom. The summed E-state index contributed by atoms with van der Waals surface area (Å²) in [5, 5.41) is 0.539. The molecule has 0 aliphatic rings. The zero-order chi connectivity index (χ0) is 12.8. The molecule has 0 heterocycles. The van der Waals surface area contributed by atoms with E-state index in [9.17, 15) is 4.79 Å². The molecule has 1 aromatic carbocycles. The van der Waals surface area contributed by atoms with Crippen LogP contribution in [0.1, 0.15) is 37.0 Å². The summed E-state index contributed by atoms with van der Waals surface area (Å²) in [5.41, 5.74) is 1.64. The number of ketones is 1. The van der Waals surface area contributed by atoms with Gasteiger partial charge in [-0.25, -0.2) is 0 Å². The lowest BCUT2D eigenvalue weighted by atomic mass is 10.0. The van der Waals surface area contributed by atoms with Gasteiger partial charge in [-0.2, -0.15) is 0 Å². The van der Waals surface area contributed by atoms with Crippen LogP contribution in [0.3, 0.4) is 0 Å². The van der Waals surface area contributed by atoms with Gasteiger partial charge >= 0.3 is 0 Å². The summed E-state index contributed by atoms with van der Waals surface area (Å²) in [5.74, 6) is 0.505. The van der Waals surface area contributed by atoms with Crippen molar-refractivity contribution in [1.82, 2.24) is 0 Å². The lowest BCUT2D eigenvalue weighted by molar-refractivity contribution is 0.104. The SMILES string of the molecule is CCC(=CC(=O)c1cc(Cl)ccc1OC)CC. The van der Waals surface area contributed by atoms with E-state index in [1.807, 2.05) is 13.8 Å². The number of hydrogen-bond acceptors (Lipinski definition) is 2. The standard InChI is InChI=1S/C14H17ClO2/c1-4-10(5-2)8-13(16)12-9-11(15)6-7-14(12)17-3/h6-9H,4-5H2,1-3H3. The summed E-state index contributed by atoms with van der Waals surface area (Å²) in [6.07, 6.45) is 3.43. The van der Waals surface area contributed by atoms with E-state index >= 15 is 0 Å². The van der Waals surface area contributed by atoms with E-state index in [0.717, 1.165) is 18.4 Å². The molecule has 0 N–H and O–H groups in total. The van der Waals surface area contributed by atoms with Crippen molar-refractivity contribution in [2.75, 3.05) is 7.11 Å². The predicted octanol–water partition coefficient (Wildman–Crippen LogP) is 4.28. The van der Waals surface area contributed by atoms with Crippen molar-refractivity contribution < 1.29 is 9.53 Å². The fourth-order valence-electron chi connectivity index (χ4n) is 1.59. The van der Waals surface area contributed by atoms with Crippen LogP contribution in [-0.2, 0) is 0 Å². The Hall–Kier alpha value is -1.28. The van der Waals surface area contributed by atoms with E-state index in [-0.39, 0.29) is 5.78 Å². The Bertz CT molecular complexity index is 430. The van der Waals surface area contributed by atoms with Gasteiger partial charge in [-0.05, 0) is 37.1 Å². The molecule has 0 saturated carbocycles. The Kier molecular flexibility index (Phi) is 5.23. The van der Waals surface area contributed by atoms with E-state index in [4.69, 9.17) is 16.3 Å². The predicted molar refractivity (Wildman–Crippen MR) is 71.0 cm³/mol. The number of allylic oxidation sites excluding steroid dienone is 2. The molecule has 0 atom stereocenters. The summed E-state index contributed by atoms with van der Waals surface area (Å²) in [6.45, 7) is 4.08. The maximum absolute atomic E-state index is 12.1. The van der Waals surface area contributed by atoms with Gasteiger partial charge in [0.1, 0.15) is 5.75 Å². The van der Waals surface area contributed by atoms with Gasteiger partial charge in [0.2, 0.25) is 0 Å². The zero-order valence-corrected chi connectivity index (χ0v) is 11.2. The molecule has 0 aromatic heterocycles. The third-order valence-corrected chi connectivity index (χ3v) is 2.91. The highest BCUT2D eigenvalue weighted by Crippen LogP contribution is 2.24. The largest absolute Gasteiger partial charge is 0.496 e. The molecule has 1 rings (SSSR count). The number of carbonyl (C=O) groups excluding carboxylic acids is 1. The minimum atomic E-state index is -0.0527. The number of carbonyl (C=O) groups is 1. The summed E-state index contributed by atoms with van der Waals surface area (Å²) < 4.78 is 5.16. The van der Waals surface area contributed by atoms with Crippen molar-refractivity contribution in [2.24, 2.45) is 0 Å². The van der Waals surface area contributed by atoms with Crippen molar-refractivity contribution in [3.63, 3.8) is 0 Å². The minimum Gasteiger partial charge on any atom is -0.496 e. The number of hydrogen-bond donors (Lipinski definition) is 0. The summed E-state index contributed by atoms with van der Waals surface area (Å²) in [4.78, 5) is 12.1. The first-order valence-corrected chi connectivity index (χ1v) is 6.07. The van der Waals surface area contributed by atoms with Gasteiger partial charge in [0.05, 0.1) is 12.7 Å². The van der Waals surface area contributed by atoms with E-state index in [1.165, 1.54) is 0 Å². The van der Waals surface area contributed by atoms with Gasteiger partial charge < -0.3 is 4.74 Å².